The first kappa shape index (κ1) is 18.0. The number of hydrogen-bond acceptors (Lipinski definition) is 4. The fraction of sp³-hybridized carbons (Fsp3) is 0.632. The van der Waals surface area contributed by atoms with Crippen LogP contribution in [0.1, 0.15) is 18.9 Å². The molecule has 2 aliphatic heterocycles. The molecule has 0 spiro atoms. The summed E-state index contributed by atoms with van der Waals surface area (Å²) in [5.41, 5.74) is 2.00. The van der Waals surface area contributed by atoms with Gasteiger partial charge in [-0.1, -0.05) is 6.92 Å². The van der Waals surface area contributed by atoms with Crippen LogP contribution in [0.5, 0.6) is 5.75 Å². The zero-order valence-corrected chi connectivity index (χ0v) is 15.4. The molecule has 0 saturated carbocycles. The number of ether oxygens (including phenoxy) is 1. The van der Waals surface area contributed by atoms with Crippen LogP contribution in [0.25, 0.3) is 0 Å². The van der Waals surface area contributed by atoms with Gasteiger partial charge in [0, 0.05) is 45.0 Å². The highest BCUT2D eigenvalue weighted by Gasteiger charge is 2.17. The van der Waals surface area contributed by atoms with E-state index in [1.54, 1.807) is 0 Å². The van der Waals surface area contributed by atoms with Crippen LogP contribution in [0.4, 0.5) is 10.5 Å². The zero-order valence-electron chi connectivity index (χ0n) is 15.4. The Morgan fingerprint density at radius 3 is 2.88 bits per heavy atom. The van der Waals surface area contributed by atoms with Crippen LogP contribution in [-0.4, -0.2) is 68.8 Å². The number of nitrogens with one attached hydrogen (secondary N) is 2. The topological polar surface area (TPSA) is 56.8 Å². The Morgan fingerprint density at radius 1 is 1.28 bits per heavy atom. The second kappa shape index (κ2) is 8.54. The Bertz CT molecular complexity index is 585. The second-order valence-electron chi connectivity index (χ2n) is 7.32. The maximum Gasteiger partial charge on any atom is 0.319 e. The van der Waals surface area contributed by atoms with Crippen molar-refractivity contribution in [2.75, 3.05) is 58.2 Å². The highest BCUT2D eigenvalue weighted by Crippen LogP contribution is 2.27. The van der Waals surface area contributed by atoms with Gasteiger partial charge in [0.1, 0.15) is 5.75 Å². The summed E-state index contributed by atoms with van der Waals surface area (Å²) >= 11 is 0. The summed E-state index contributed by atoms with van der Waals surface area (Å²) < 4.78 is 5.61. The van der Waals surface area contributed by atoms with E-state index in [0.717, 1.165) is 63.6 Å². The van der Waals surface area contributed by atoms with Crippen LogP contribution in [-0.2, 0) is 6.42 Å². The van der Waals surface area contributed by atoms with Crippen molar-refractivity contribution in [2.24, 2.45) is 5.92 Å². The zero-order chi connectivity index (χ0) is 17.6. The van der Waals surface area contributed by atoms with Crippen LogP contribution in [0.15, 0.2) is 18.2 Å². The van der Waals surface area contributed by atoms with Crippen molar-refractivity contribution in [2.45, 2.75) is 19.8 Å². The second-order valence-corrected chi connectivity index (χ2v) is 7.32. The number of nitrogens with zero attached hydrogens (tertiary/aromatic N) is 2. The van der Waals surface area contributed by atoms with Gasteiger partial charge in [0.15, 0.2) is 0 Å². The number of fused-ring (bicyclic) bond motifs is 1. The highest BCUT2D eigenvalue weighted by atomic mass is 16.5. The van der Waals surface area contributed by atoms with Gasteiger partial charge in [-0.3, -0.25) is 0 Å². The number of benzene rings is 1. The van der Waals surface area contributed by atoms with Crippen LogP contribution in [0.2, 0.25) is 0 Å². The molecule has 1 saturated heterocycles. The first-order valence-electron chi connectivity index (χ1n) is 9.31. The van der Waals surface area contributed by atoms with Crippen LogP contribution in [0.3, 0.4) is 0 Å². The molecule has 0 radical (unpaired) electrons. The molecule has 2 aliphatic rings. The van der Waals surface area contributed by atoms with Gasteiger partial charge in [0.2, 0.25) is 0 Å². The molecule has 0 unspecified atom stereocenters. The minimum atomic E-state index is -0.137. The monoisotopic (exact) mass is 346 g/mol. The molecule has 2 amide bonds. The van der Waals surface area contributed by atoms with E-state index in [1.165, 1.54) is 5.56 Å². The Kier molecular flexibility index (Phi) is 6.15. The summed E-state index contributed by atoms with van der Waals surface area (Å²) in [5, 5.41) is 5.92. The third kappa shape index (κ3) is 5.34. The van der Waals surface area contributed by atoms with Gasteiger partial charge in [-0.15, -0.1) is 0 Å². The van der Waals surface area contributed by atoms with Gasteiger partial charge in [0.05, 0.1) is 6.61 Å². The maximum absolute atomic E-state index is 12.1. The minimum Gasteiger partial charge on any atom is -0.493 e. The molecule has 25 heavy (non-hydrogen) atoms. The van der Waals surface area contributed by atoms with Crippen molar-refractivity contribution in [3.8, 4) is 5.75 Å². The molecule has 2 heterocycles. The predicted octanol–water partition coefficient (Wildman–Crippen LogP) is 2.02. The van der Waals surface area contributed by atoms with Crippen molar-refractivity contribution in [1.82, 2.24) is 15.1 Å². The summed E-state index contributed by atoms with van der Waals surface area (Å²) in [5.74, 6) is 1.38. The Morgan fingerprint density at radius 2 is 2.08 bits per heavy atom. The molecular weight excluding hydrogens is 316 g/mol. The molecule has 0 bridgehead atoms. The number of piperazine rings is 1. The molecule has 138 valence electrons. The first-order chi connectivity index (χ1) is 12.1. The molecule has 3 rings (SSSR count). The number of amides is 2. The summed E-state index contributed by atoms with van der Waals surface area (Å²) in [6, 6.07) is 5.72. The van der Waals surface area contributed by atoms with E-state index in [2.05, 4.69) is 34.4 Å². The molecule has 1 aromatic rings. The van der Waals surface area contributed by atoms with Crippen molar-refractivity contribution in [3.05, 3.63) is 23.8 Å². The third-order valence-electron chi connectivity index (χ3n) is 4.94. The van der Waals surface area contributed by atoms with Gasteiger partial charge < -0.3 is 25.2 Å². The Balaban J connectivity index is 1.40. The number of carbonyl (C=O) groups excluding carboxylic acids is 1. The van der Waals surface area contributed by atoms with E-state index in [1.807, 2.05) is 18.2 Å². The smallest absolute Gasteiger partial charge is 0.319 e. The lowest BCUT2D eigenvalue weighted by Gasteiger charge is -2.33. The van der Waals surface area contributed by atoms with Gasteiger partial charge in [-0.2, -0.15) is 0 Å². The number of carbonyl (C=O) groups is 1. The summed E-state index contributed by atoms with van der Waals surface area (Å²) in [6.07, 6.45) is 2.04. The number of anilines is 1. The number of rotatable bonds is 5. The van der Waals surface area contributed by atoms with E-state index in [9.17, 15) is 4.79 Å². The van der Waals surface area contributed by atoms with Crippen LogP contribution >= 0.6 is 0 Å². The Hall–Kier alpha value is -1.79. The fourth-order valence-electron chi connectivity index (χ4n) is 3.42. The summed E-state index contributed by atoms with van der Waals surface area (Å²) in [6.45, 7) is 9.18. The van der Waals surface area contributed by atoms with E-state index in [-0.39, 0.29) is 6.03 Å². The van der Waals surface area contributed by atoms with E-state index in [0.29, 0.717) is 12.5 Å². The lowest BCUT2D eigenvalue weighted by atomic mass is 10.1. The molecule has 0 aliphatic carbocycles. The van der Waals surface area contributed by atoms with E-state index < -0.39 is 0 Å². The molecular formula is C19H30N4O2. The molecule has 1 aromatic carbocycles. The maximum atomic E-state index is 12.1. The molecule has 0 aromatic heterocycles. The number of aryl methyl sites for hydroxylation is 1. The normalized spacial score (nSPS) is 19.6. The van der Waals surface area contributed by atoms with Gasteiger partial charge in [0.25, 0.3) is 0 Å². The highest BCUT2D eigenvalue weighted by molar-refractivity contribution is 5.89. The summed E-state index contributed by atoms with van der Waals surface area (Å²) in [7, 11) is 2.17. The number of hydrogen-bond donors (Lipinski definition) is 2. The van der Waals surface area contributed by atoms with Gasteiger partial charge in [-0.25, -0.2) is 4.79 Å². The lowest BCUT2D eigenvalue weighted by Crippen LogP contribution is -2.47. The van der Waals surface area contributed by atoms with Crippen molar-refractivity contribution < 1.29 is 9.53 Å². The summed E-state index contributed by atoms with van der Waals surface area (Å²) in [4.78, 5) is 17.0. The van der Waals surface area contributed by atoms with E-state index >= 15 is 0 Å². The Labute approximate surface area is 150 Å². The minimum absolute atomic E-state index is 0.137. The average Bonchev–Trinajstić information content (AvgIpc) is 2.62. The lowest BCUT2D eigenvalue weighted by molar-refractivity contribution is 0.138. The third-order valence-corrected chi connectivity index (χ3v) is 4.94. The van der Waals surface area contributed by atoms with Crippen molar-refractivity contribution >= 4 is 11.7 Å². The van der Waals surface area contributed by atoms with Crippen LogP contribution in [0, 0.1) is 5.92 Å². The van der Waals surface area contributed by atoms with Crippen LogP contribution < -0.4 is 15.4 Å². The molecule has 6 nitrogen and oxygen atoms in total. The fourth-order valence-corrected chi connectivity index (χ4v) is 3.42. The predicted molar refractivity (Wildman–Crippen MR) is 100 cm³/mol. The van der Waals surface area contributed by atoms with Gasteiger partial charge >= 0.3 is 6.03 Å². The largest absolute Gasteiger partial charge is 0.493 e. The number of likely N-dealkylation sites (N-methyl/N-ethyl adjacent to an activating group) is 1. The average molecular weight is 346 g/mol. The quantitative estimate of drug-likeness (QED) is 0.856. The number of urea groups is 1. The first-order valence-corrected chi connectivity index (χ1v) is 9.31. The van der Waals surface area contributed by atoms with Crippen molar-refractivity contribution in [3.63, 3.8) is 0 Å². The standard InChI is InChI=1S/C19H30N4O2/c1-15(14-23-9-7-22(2)8-10-23)13-20-19(24)21-17-5-6-18-16(12-17)4-3-11-25-18/h5-6,12,15H,3-4,7-11,13-14H2,1-2H3,(H2,20,21,24)/t15-/m1/s1. The van der Waals surface area contributed by atoms with Gasteiger partial charge in [-0.05, 0) is 49.6 Å². The van der Waals surface area contributed by atoms with E-state index in [4.69, 9.17) is 4.74 Å². The molecule has 6 heteroatoms. The molecule has 2 N–H and O–H groups in total. The SMILES string of the molecule is C[C@H](CNC(=O)Nc1ccc2c(c1)CCCO2)CN1CCN(C)CC1. The molecule has 1 atom stereocenters. The van der Waals surface area contributed by atoms with Crippen molar-refractivity contribution in [1.29, 1.82) is 0 Å². The molecule has 1 fully saturated rings.